The molecule has 0 aliphatic heterocycles. The van der Waals surface area contributed by atoms with Crippen LogP contribution in [0, 0.1) is 0 Å². The number of benzene rings is 1. The van der Waals surface area contributed by atoms with Gasteiger partial charge in [-0.15, -0.1) is 0 Å². The van der Waals surface area contributed by atoms with Gasteiger partial charge in [0.25, 0.3) is 5.91 Å². The highest BCUT2D eigenvalue weighted by Gasteiger charge is 2.05. The third kappa shape index (κ3) is 9.27. The molecular weight excluding hydrogens is 332 g/mol. The zero-order valence-corrected chi connectivity index (χ0v) is 16.1. The van der Waals surface area contributed by atoms with Crippen LogP contribution >= 0.6 is 0 Å². The van der Waals surface area contributed by atoms with Crippen LogP contribution in [0.5, 0.6) is 5.75 Å². The summed E-state index contributed by atoms with van der Waals surface area (Å²) in [5.74, 6) is 1.34. The Hall–Kier alpha value is -2.28. The Bertz CT molecular complexity index is 532. The number of aliphatic imine (C=N–C) groups is 1. The summed E-state index contributed by atoms with van der Waals surface area (Å²) in [6.45, 7) is 5.63. The fraction of sp³-hybridized carbons (Fsp3) is 0.579. The molecule has 0 unspecified atom stereocenters. The first kappa shape index (κ1) is 21.8. The quantitative estimate of drug-likeness (QED) is 0.299. The largest absolute Gasteiger partial charge is 0.497 e. The molecule has 0 aromatic heterocycles. The Morgan fingerprint density at radius 3 is 2.31 bits per heavy atom. The van der Waals surface area contributed by atoms with Crippen LogP contribution in [0.25, 0.3) is 0 Å². The zero-order valence-electron chi connectivity index (χ0n) is 16.1. The maximum atomic E-state index is 12.0. The van der Waals surface area contributed by atoms with Gasteiger partial charge in [-0.1, -0.05) is 13.3 Å². The second kappa shape index (κ2) is 13.9. The van der Waals surface area contributed by atoms with E-state index in [9.17, 15) is 4.79 Å². The number of carbonyl (C=O) groups is 1. The lowest BCUT2D eigenvalue weighted by atomic mass is 10.2. The van der Waals surface area contributed by atoms with Crippen molar-refractivity contribution in [2.45, 2.75) is 26.2 Å². The fourth-order valence-corrected chi connectivity index (χ4v) is 2.15. The lowest BCUT2D eigenvalue weighted by molar-refractivity contribution is 0.0954. The van der Waals surface area contributed by atoms with Gasteiger partial charge in [0.05, 0.1) is 7.11 Å². The monoisotopic (exact) mass is 364 g/mol. The molecule has 1 aromatic rings. The third-order valence-corrected chi connectivity index (χ3v) is 3.68. The van der Waals surface area contributed by atoms with E-state index >= 15 is 0 Å². The van der Waals surface area contributed by atoms with Crippen molar-refractivity contribution in [3.05, 3.63) is 29.8 Å². The van der Waals surface area contributed by atoms with Gasteiger partial charge >= 0.3 is 0 Å². The smallest absolute Gasteiger partial charge is 0.251 e. The number of methoxy groups -OCH3 is 1. The lowest BCUT2D eigenvalue weighted by Crippen LogP contribution is -2.42. The van der Waals surface area contributed by atoms with Crippen molar-refractivity contribution < 1.29 is 14.3 Å². The van der Waals surface area contributed by atoms with Crippen molar-refractivity contribution >= 4 is 11.9 Å². The average Bonchev–Trinajstić information content (AvgIpc) is 2.68. The number of guanidine groups is 1. The van der Waals surface area contributed by atoms with Gasteiger partial charge in [0.15, 0.2) is 5.96 Å². The standard InChI is InChI=1S/C19H32N4O3/c1-4-5-14-26-15-6-11-22-19(20-2)23-13-12-21-18(24)16-7-9-17(25-3)10-8-16/h7-10H,4-6,11-15H2,1-3H3,(H,21,24)(H2,20,22,23). The predicted molar refractivity (Wildman–Crippen MR) is 105 cm³/mol. The Kier molecular flexibility index (Phi) is 11.7. The van der Waals surface area contributed by atoms with Crippen molar-refractivity contribution in [1.82, 2.24) is 16.0 Å². The number of hydrogen-bond donors (Lipinski definition) is 3. The zero-order chi connectivity index (χ0) is 19.0. The summed E-state index contributed by atoms with van der Waals surface area (Å²) >= 11 is 0. The molecule has 1 amide bonds. The molecule has 1 rings (SSSR count). The van der Waals surface area contributed by atoms with E-state index in [0.717, 1.165) is 50.7 Å². The molecule has 3 N–H and O–H groups in total. The minimum absolute atomic E-state index is 0.110. The molecular formula is C19H32N4O3. The van der Waals surface area contributed by atoms with E-state index < -0.39 is 0 Å². The van der Waals surface area contributed by atoms with Gasteiger partial charge in [-0.2, -0.15) is 0 Å². The number of rotatable bonds is 12. The summed E-state index contributed by atoms with van der Waals surface area (Å²) in [6.07, 6.45) is 3.20. The topological polar surface area (TPSA) is 84.0 Å². The molecule has 0 saturated heterocycles. The molecule has 7 heteroatoms. The second-order valence-corrected chi connectivity index (χ2v) is 5.73. The molecule has 0 spiro atoms. The van der Waals surface area contributed by atoms with E-state index in [2.05, 4.69) is 27.9 Å². The average molecular weight is 364 g/mol. The molecule has 0 aliphatic rings. The Morgan fingerprint density at radius 2 is 1.65 bits per heavy atom. The van der Waals surface area contributed by atoms with Crippen molar-refractivity contribution in [3.63, 3.8) is 0 Å². The van der Waals surface area contributed by atoms with E-state index in [1.807, 2.05) is 0 Å². The van der Waals surface area contributed by atoms with Crippen molar-refractivity contribution in [1.29, 1.82) is 0 Å². The normalized spacial score (nSPS) is 11.1. The molecule has 0 saturated carbocycles. The SMILES string of the molecule is CCCCOCCCNC(=NC)NCCNC(=O)c1ccc(OC)cc1. The van der Waals surface area contributed by atoms with Crippen LogP contribution in [0.4, 0.5) is 0 Å². The highest BCUT2D eigenvalue weighted by atomic mass is 16.5. The molecule has 0 aliphatic carbocycles. The van der Waals surface area contributed by atoms with Crippen molar-refractivity contribution in [3.8, 4) is 5.75 Å². The number of unbranched alkanes of at least 4 members (excludes halogenated alkanes) is 1. The van der Waals surface area contributed by atoms with Crippen LogP contribution in [-0.2, 0) is 4.74 Å². The minimum atomic E-state index is -0.110. The molecule has 0 radical (unpaired) electrons. The second-order valence-electron chi connectivity index (χ2n) is 5.73. The minimum Gasteiger partial charge on any atom is -0.497 e. The highest BCUT2D eigenvalue weighted by Crippen LogP contribution is 2.10. The van der Waals surface area contributed by atoms with E-state index in [0.29, 0.717) is 18.7 Å². The summed E-state index contributed by atoms with van der Waals surface area (Å²) in [5, 5.41) is 9.26. The number of nitrogens with zero attached hydrogens (tertiary/aromatic N) is 1. The Balaban J connectivity index is 2.13. The summed E-state index contributed by atoms with van der Waals surface area (Å²) in [4.78, 5) is 16.2. The van der Waals surface area contributed by atoms with E-state index in [-0.39, 0.29) is 5.91 Å². The van der Waals surface area contributed by atoms with Gasteiger partial charge in [0, 0.05) is 45.5 Å². The van der Waals surface area contributed by atoms with Crippen molar-refractivity contribution in [2.24, 2.45) is 4.99 Å². The van der Waals surface area contributed by atoms with Crippen LogP contribution in [0.2, 0.25) is 0 Å². The van der Waals surface area contributed by atoms with Gasteiger partial charge in [-0.05, 0) is 37.1 Å². The Morgan fingerprint density at radius 1 is 1.00 bits per heavy atom. The number of nitrogens with one attached hydrogen (secondary N) is 3. The molecule has 0 heterocycles. The fourth-order valence-electron chi connectivity index (χ4n) is 2.15. The van der Waals surface area contributed by atoms with Gasteiger partial charge in [0.2, 0.25) is 0 Å². The molecule has 1 aromatic carbocycles. The van der Waals surface area contributed by atoms with Crippen LogP contribution in [0.1, 0.15) is 36.5 Å². The first-order valence-electron chi connectivity index (χ1n) is 9.15. The van der Waals surface area contributed by atoms with Crippen LogP contribution < -0.4 is 20.7 Å². The van der Waals surface area contributed by atoms with E-state index in [4.69, 9.17) is 9.47 Å². The summed E-state index contributed by atoms with van der Waals surface area (Å²) < 4.78 is 10.6. The van der Waals surface area contributed by atoms with Gasteiger partial charge < -0.3 is 25.4 Å². The van der Waals surface area contributed by atoms with Crippen LogP contribution in [0.3, 0.4) is 0 Å². The number of carbonyl (C=O) groups excluding carboxylic acids is 1. The molecule has 26 heavy (non-hydrogen) atoms. The lowest BCUT2D eigenvalue weighted by Gasteiger charge is -2.12. The molecule has 0 bridgehead atoms. The number of ether oxygens (including phenoxy) is 2. The molecule has 146 valence electrons. The molecule has 7 nitrogen and oxygen atoms in total. The van der Waals surface area contributed by atoms with Gasteiger partial charge in [-0.25, -0.2) is 0 Å². The number of hydrogen-bond acceptors (Lipinski definition) is 4. The first-order valence-corrected chi connectivity index (χ1v) is 9.15. The predicted octanol–water partition coefficient (Wildman–Crippen LogP) is 1.80. The first-order chi connectivity index (χ1) is 12.7. The van der Waals surface area contributed by atoms with Gasteiger partial charge in [0.1, 0.15) is 5.75 Å². The van der Waals surface area contributed by atoms with E-state index in [1.54, 1.807) is 38.4 Å². The number of amides is 1. The third-order valence-electron chi connectivity index (χ3n) is 3.68. The van der Waals surface area contributed by atoms with Crippen LogP contribution in [-0.4, -0.2) is 58.9 Å². The maximum Gasteiger partial charge on any atom is 0.251 e. The van der Waals surface area contributed by atoms with E-state index in [1.165, 1.54) is 0 Å². The summed E-state index contributed by atoms with van der Waals surface area (Å²) in [7, 11) is 3.32. The van der Waals surface area contributed by atoms with Crippen molar-refractivity contribution in [2.75, 3.05) is 47.0 Å². The molecule has 0 fully saturated rings. The summed E-state index contributed by atoms with van der Waals surface area (Å²) in [6, 6.07) is 7.02. The van der Waals surface area contributed by atoms with Crippen LogP contribution in [0.15, 0.2) is 29.3 Å². The summed E-state index contributed by atoms with van der Waals surface area (Å²) in [5.41, 5.74) is 0.608. The highest BCUT2D eigenvalue weighted by molar-refractivity contribution is 5.94. The Labute approximate surface area is 156 Å². The maximum absolute atomic E-state index is 12.0. The van der Waals surface area contributed by atoms with Gasteiger partial charge in [-0.3, -0.25) is 9.79 Å². The molecule has 0 atom stereocenters.